The molecule has 88 valence electrons. The van der Waals surface area contributed by atoms with Crippen molar-refractivity contribution in [3.63, 3.8) is 0 Å². The number of hydrogen-bond donors (Lipinski definition) is 1. The standard InChI is InChI=1S/C9H16ClNO3S/c1-2-3-4-9(12)11-8-6-15(13,14)5-7(8)10/h7-8H,2-6H2,1H3,(H,11,12)/t7-,8-/m0/s1. The Morgan fingerprint density at radius 2 is 2.13 bits per heavy atom. The molecule has 0 bridgehead atoms. The van der Waals surface area contributed by atoms with Gasteiger partial charge >= 0.3 is 0 Å². The van der Waals surface area contributed by atoms with Crippen LogP contribution in [-0.4, -0.2) is 37.2 Å². The molecule has 1 aliphatic rings. The van der Waals surface area contributed by atoms with Crippen LogP contribution in [0.4, 0.5) is 0 Å². The van der Waals surface area contributed by atoms with Crippen molar-refractivity contribution in [1.29, 1.82) is 0 Å². The molecule has 1 N–H and O–H groups in total. The van der Waals surface area contributed by atoms with E-state index in [1.165, 1.54) is 0 Å². The molecule has 1 amide bonds. The Labute approximate surface area is 95.3 Å². The van der Waals surface area contributed by atoms with E-state index in [2.05, 4.69) is 5.32 Å². The zero-order valence-corrected chi connectivity index (χ0v) is 10.3. The smallest absolute Gasteiger partial charge is 0.220 e. The lowest BCUT2D eigenvalue weighted by atomic mass is 10.2. The van der Waals surface area contributed by atoms with Gasteiger partial charge in [-0.3, -0.25) is 4.79 Å². The Kier molecular flexibility index (Phi) is 4.40. The fourth-order valence-corrected chi connectivity index (χ4v) is 4.10. The van der Waals surface area contributed by atoms with Crippen LogP contribution in [0.5, 0.6) is 0 Å². The summed E-state index contributed by atoms with van der Waals surface area (Å²) < 4.78 is 22.4. The number of nitrogens with one attached hydrogen (secondary N) is 1. The van der Waals surface area contributed by atoms with E-state index in [9.17, 15) is 13.2 Å². The van der Waals surface area contributed by atoms with Gasteiger partial charge in [0.05, 0.1) is 22.9 Å². The lowest BCUT2D eigenvalue weighted by Gasteiger charge is -2.13. The molecule has 0 unspecified atom stereocenters. The highest BCUT2D eigenvalue weighted by molar-refractivity contribution is 7.91. The summed E-state index contributed by atoms with van der Waals surface area (Å²) in [5.41, 5.74) is 0. The third-order valence-corrected chi connectivity index (χ3v) is 4.76. The van der Waals surface area contributed by atoms with E-state index in [-0.39, 0.29) is 17.4 Å². The molecule has 1 aliphatic heterocycles. The van der Waals surface area contributed by atoms with Gasteiger partial charge in [-0.25, -0.2) is 8.42 Å². The summed E-state index contributed by atoms with van der Waals surface area (Å²) in [6.45, 7) is 2.00. The van der Waals surface area contributed by atoms with Crippen LogP contribution in [0.15, 0.2) is 0 Å². The molecule has 0 aliphatic carbocycles. The molecule has 0 aromatic rings. The monoisotopic (exact) mass is 253 g/mol. The second-order valence-corrected chi connectivity index (χ2v) is 6.58. The summed E-state index contributed by atoms with van der Waals surface area (Å²) in [5, 5.41) is 2.18. The summed E-state index contributed by atoms with van der Waals surface area (Å²) in [6, 6.07) is -0.416. The molecule has 0 radical (unpaired) electrons. The van der Waals surface area contributed by atoms with Crippen LogP contribution in [0, 0.1) is 0 Å². The quantitative estimate of drug-likeness (QED) is 0.750. The molecule has 15 heavy (non-hydrogen) atoms. The maximum absolute atomic E-state index is 11.3. The van der Waals surface area contributed by atoms with Crippen molar-refractivity contribution in [2.45, 2.75) is 37.6 Å². The first-order chi connectivity index (χ1) is 6.94. The molecule has 1 fully saturated rings. The number of alkyl halides is 1. The van der Waals surface area contributed by atoms with Gasteiger partial charge in [0, 0.05) is 6.42 Å². The van der Waals surface area contributed by atoms with Crippen LogP contribution in [0.25, 0.3) is 0 Å². The number of amides is 1. The lowest BCUT2D eigenvalue weighted by molar-refractivity contribution is -0.121. The molecule has 1 rings (SSSR count). The van der Waals surface area contributed by atoms with Gasteiger partial charge in [0.15, 0.2) is 9.84 Å². The van der Waals surface area contributed by atoms with E-state index in [1.54, 1.807) is 0 Å². The third kappa shape index (κ3) is 3.99. The van der Waals surface area contributed by atoms with Crippen molar-refractivity contribution in [3.8, 4) is 0 Å². The Morgan fingerprint density at radius 3 is 2.60 bits per heavy atom. The molecule has 0 aromatic carbocycles. The molecule has 1 heterocycles. The average molecular weight is 254 g/mol. The van der Waals surface area contributed by atoms with Gasteiger partial charge < -0.3 is 5.32 Å². The first kappa shape index (κ1) is 12.8. The van der Waals surface area contributed by atoms with Gasteiger partial charge in [-0.2, -0.15) is 0 Å². The summed E-state index contributed by atoms with van der Waals surface area (Å²) in [5.74, 6) is -0.170. The topological polar surface area (TPSA) is 63.2 Å². The number of rotatable bonds is 4. The molecule has 0 aromatic heterocycles. The number of sulfone groups is 1. The lowest BCUT2D eigenvalue weighted by Crippen LogP contribution is -2.40. The van der Waals surface area contributed by atoms with Crippen molar-refractivity contribution in [1.82, 2.24) is 5.32 Å². The molecular formula is C9H16ClNO3S. The first-order valence-corrected chi connectivity index (χ1v) is 7.34. The minimum absolute atomic E-state index is 0.0287. The Bertz CT molecular complexity index is 328. The van der Waals surface area contributed by atoms with E-state index >= 15 is 0 Å². The van der Waals surface area contributed by atoms with Gasteiger partial charge in [0.25, 0.3) is 0 Å². The van der Waals surface area contributed by atoms with Crippen molar-refractivity contribution in [2.24, 2.45) is 0 Å². The van der Waals surface area contributed by atoms with Crippen LogP contribution in [0.2, 0.25) is 0 Å². The van der Waals surface area contributed by atoms with E-state index in [0.717, 1.165) is 12.8 Å². The second-order valence-electron chi connectivity index (χ2n) is 3.87. The molecule has 0 spiro atoms. The van der Waals surface area contributed by atoms with E-state index < -0.39 is 21.3 Å². The van der Waals surface area contributed by atoms with Crippen LogP contribution < -0.4 is 5.32 Å². The van der Waals surface area contributed by atoms with Crippen LogP contribution >= 0.6 is 11.6 Å². The van der Waals surface area contributed by atoms with Gasteiger partial charge in [0.1, 0.15) is 0 Å². The first-order valence-electron chi connectivity index (χ1n) is 5.08. The summed E-state index contributed by atoms with van der Waals surface area (Å²) in [4.78, 5) is 11.3. The summed E-state index contributed by atoms with van der Waals surface area (Å²) in [7, 11) is -3.06. The highest BCUT2D eigenvalue weighted by Crippen LogP contribution is 2.18. The van der Waals surface area contributed by atoms with Gasteiger partial charge in [-0.05, 0) is 6.42 Å². The fourth-order valence-electron chi connectivity index (χ4n) is 1.55. The normalized spacial score (nSPS) is 28.9. The number of hydrogen-bond acceptors (Lipinski definition) is 3. The number of carbonyl (C=O) groups is 1. The summed E-state index contributed by atoms with van der Waals surface area (Å²) in [6.07, 6.45) is 2.20. The summed E-state index contributed by atoms with van der Waals surface area (Å²) >= 11 is 5.85. The SMILES string of the molecule is CCCCC(=O)N[C@H]1CS(=O)(=O)C[C@@H]1Cl. The van der Waals surface area contributed by atoms with Crippen molar-refractivity contribution < 1.29 is 13.2 Å². The Hall–Kier alpha value is -0.290. The van der Waals surface area contributed by atoms with Gasteiger partial charge in [-0.15, -0.1) is 11.6 Å². The van der Waals surface area contributed by atoms with Gasteiger partial charge in [-0.1, -0.05) is 13.3 Å². The minimum Gasteiger partial charge on any atom is -0.351 e. The minimum atomic E-state index is -3.06. The molecule has 0 saturated carbocycles. The number of carbonyl (C=O) groups excluding carboxylic acids is 1. The highest BCUT2D eigenvalue weighted by atomic mass is 35.5. The van der Waals surface area contributed by atoms with Crippen LogP contribution in [0.3, 0.4) is 0 Å². The fraction of sp³-hybridized carbons (Fsp3) is 0.889. The van der Waals surface area contributed by atoms with Crippen molar-refractivity contribution in [3.05, 3.63) is 0 Å². The van der Waals surface area contributed by atoms with Crippen LogP contribution in [-0.2, 0) is 14.6 Å². The predicted molar refractivity (Wildman–Crippen MR) is 59.8 cm³/mol. The van der Waals surface area contributed by atoms with Crippen LogP contribution in [0.1, 0.15) is 26.2 Å². The maximum atomic E-state index is 11.3. The largest absolute Gasteiger partial charge is 0.351 e. The zero-order chi connectivity index (χ0) is 11.5. The molecular weight excluding hydrogens is 238 g/mol. The third-order valence-electron chi connectivity index (χ3n) is 2.39. The highest BCUT2D eigenvalue weighted by Gasteiger charge is 2.36. The average Bonchev–Trinajstić information content (AvgIpc) is 2.36. The number of halogens is 1. The maximum Gasteiger partial charge on any atom is 0.220 e. The van der Waals surface area contributed by atoms with E-state index in [4.69, 9.17) is 11.6 Å². The predicted octanol–water partition coefficient (Wildman–Crippen LogP) is 0.697. The second kappa shape index (κ2) is 5.16. The Morgan fingerprint density at radius 1 is 1.47 bits per heavy atom. The van der Waals surface area contributed by atoms with Crippen molar-refractivity contribution >= 4 is 27.3 Å². The molecule has 2 atom stereocenters. The zero-order valence-electron chi connectivity index (χ0n) is 8.70. The molecule has 1 saturated heterocycles. The number of unbranched alkanes of at least 4 members (excludes halogenated alkanes) is 1. The molecule has 6 heteroatoms. The molecule has 4 nitrogen and oxygen atoms in total. The van der Waals surface area contributed by atoms with Crippen molar-refractivity contribution in [2.75, 3.05) is 11.5 Å². The Balaban J connectivity index is 2.43. The van der Waals surface area contributed by atoms with Gasteiger partial charge in [0.2, 0.25) is 5.91 Å². The van der Waals surface area contributed by atoms with E-state index in [1.807, 2.05) is 6.92 Å². The van der Waals surface area contributed by atoms with E-state index in [0.29, 0.717) is 6.42 Å².